The van der Waals surface area contributed by atoms with Gasteiger partial charge in [-0.25, -0.2) is 4.57 Å². The van der Waals surface area contributed by atoms with Crippen LogP contribution < -0.4 is 0 Å². The van der Waals surface area contributed by atoms with Gasteiger partial charge in [-0.15, -0.1) is 0 Å². The molecule has 0 aliphatic heterocycles. The summed E-state index contributed by atoms with van der Waals surface area (Å²) in [5.74, 6) is 3.06. The van der Waals surface area contributed by atoms with Crippen molar-refractivity contribution in [1.29, 1.82) is 0 Å². The summed E-state index contributed by atoms with van der Waals surface area (Å²) in [4.78, 5) is 10.1. The van der Waals surface area contributed by atoms with Crippen LogP contribution in [0.4, 0.5) is 0 Å². The van der Waals surface area contributed by atoms with E-state index in [1.165, 1.54) is 109 Å². The molecule has 11 atom stereocenters. The molecule has 0 aromatic rings. The summed E-state index contributed by atoms with van der Waals surface area (Å²) in [6, 6.07) is 0. The van der Waals surface area contributed by atoms with E-state index in [1.807, 2.05) is 0 Å². The van der Waals surface area contributed by atoms with Crippen molar-refractivity contribution in [2.24, 2.45) is 35.5 Å². The van der Waals surface area contributed by atoms with Crippen LogP contribution in [0.2, 0.25) is 0 Å². The molecule has 1 fully saturated rings. The molecule has 5 N–H and O–H groups in total. The summed E-state index contributed by atoms with van der Waals surface area (Å²) in [5.41, 5.74) is 0. The number of phosphoric acid groups is 1. The van der Waals surface area contributed by atoms with E-state index in [1.54, 1.807) is 0 Å². The van der Waals surface area contributed by atoms with Crippen molar-refractivity contribution in [3.05, 3.63) is 0 Å². The highest BCUT2D eigenvalue weighted by Crippen LogP contribution is 2.47. The molecule has 0 bridgehead atoms. The SMILES string of the molecule is CCCCCCC[C@H](C)CCC[C@H](C)CCC[C@H](C)CCC[C@H](C)CCC[C@H](C)CCCOP(=O)(O)O[C@@H]1C[C@H](CO)[C@@H](O)[C@H](O)[C@@H]1O. The molecule has 0 radical (unpaired) electrons. The van der Waals surface area contributed by atoms with Gasteiger partial charge in [0.1, 0.15) is 12.2 Å². The molecule has 0 amide bonds. The van der Waals surface area contributed by atoms with Crippen LogP contribution in [0.15, 0.2) is 0 Å². The molecule has 0 aromatic heterocycles. The lowest BCUT2D eigenvalue weighted by Gasteiger charge is -2.39. The molecule has 288 valence electrons. The number of aliphatic hydroxyl groups is 4. The number of aliphatic hydroxyl groups excluding tert-OH is 4. The summed E-state index contributed by atoms with van der Waals surface area (Å²) in [6.45, 7) is 13.8. The lowest BCUT2D eigenvalue weighted by atomic mass is 9.81. The van der Waals surface area contributed by atoms with Gasteiger partial charge in [-0.1, -0.05) is 157 Å². The fourth-order valence-corrected chi connectivity index (χ4v) is 8.43. The minimum atomic E-state index is -4.45. The molecule has 1 rings (SSSR count). The van der Waals surface area contributed by atoms with Gasteiger partial charge in [-0.2, -0.15) is 0 Å². The summed E-state index contributed by atoms with van der Waals surface area (Å²) in [7, 11) is -4.45. The lowest BCUT2D eigenvalue weighted by Crippen LogP contribution is -2.54. The number of hydrogen-bond donors (Lipinski definition) is 5. The maximum absolute atomic E-state index is 12.4. The fourth-order valence-electron chi connectivity index (χ4n) is 7.46. The Morgan fingerprint density at radius 3 is 1.40 bits per heavy atom. The first-order valence-electron chi connectivity index (χ1n) is 20.1. The second-order valence-electron chi connectivity index (χ2n) is 16.2. The van der Waals surface area contributed by atoms with Crippen LogP contribution in [0.1, 0.15) is 176 Å². The molecule has 1 aliphatic carbocycles. The number of unbranched alkanes of at least 4 members (excludes halogenated alkanes) is 4. The van der Waals surface area contributed by atoms with E-state index in [0.717, 1.165) is 36.5 Å². The van der Waals surface area contributed by atoms with Crippen molar-refractivity contribution < 1.29 is 38.9 Å². The predicted molar refractivity (Wildman–Crippen MR) is 198 cm³/mol. The van der Waals surface area contributed by atoms with Crippen LogP contribution in [0.5, 0.6) is 0 Å². The van der Waals surface area contributed by atoms with Crippen molar-refractivity contribution in [1.82, 2.24) is 0 Å². The standard InChI is InChI=1S/C39H79O8P/c1-7-8-9-10-11-17-30(2)18-12-19-31(3)20-13-21-32(4)22-14-23-33(5)24-15-25-34(6)26-16-27-46-48(44,45)47-36-28-35(29-40)37(41)39(43)38(36)42/h30-43H,7-29H2,1-6H3,(H,44,45)/t30-,31-,32-,33-,34-,35+,36+,37+,38+,39-/m0/s1. The monoisotopic (exact) mass is 707 g/mol. The number of hydrogen-bond acceptors (Lipinski definition) is 7. The largest absolute Gasteiger partial charge is 0.472 e. The van der Waals surface area contributed by atoms with E-state index in [2.05, 4.69) is 41.5 Å². The molecule has 1 aliphatic rings. The van der Waals surface area contributed by atoms with Crippen LogP contribution >= 0.6 is 7.82 Å². The first-order valence-corrected chi connectivity index (χ1v) is 21.6. The summed E-state index contributed by atoms with van der Waals surface area (Å²) < 4.78 is 22.6. The highest BCUT2D eigenvalue weighted by Gasteiger charge is 2.45. The number of phosphoric ester groups is 1. The van der Waals surface area contributed by atoms with Gasteiger partial charge in [0.25, 0.3) is 0 Å². The summed E-state index contributed by atoms with van der Waals surface area (Å²) >= 11 is 0. The van der Waals surface area contributed by atoms with Crippen molar-refractivity contribution in [2.45, 2.75) is 201 Å². The zero-order valence-corrected chi connectivity index (χ0v) is 32.8. The van der Waals surface area contributed by atoms with Gasteiger partial charge in [0, 0.05) is 12.5 Å². The van der Waals surface area contributed by atoms with E-state index in [-0.39, 0.29) is 13.0 Å². The minimum absolute atomic E-state index is 0.0572. The van der Waals surface area contributed by atoms with Crippen LogP contribution in [0.25, 0.3) is 0 Å². The fraction of sp³-hybridized carbons (Fsp3) is 1.00. The van der Waals surface area contributed by atoms with E-state index in [0.29, 0.717) is 12.3 Å². The van der Waals surface area contributed by atoms with Crippen molar-refractivity contribution >= 4 is 7.82 Å². The summed E-state index contributed by atoms with van der Waals surface area (Å²) in [5, 5.41) is 39.4. The minimum Gasteiger partial charge on any atom is -0.396 e. The molecule has 1 saturated carbocycles. The van der Waals surface area contributed by atoms with Crippen molar-refractivity contribution in [3.63, 3.8) is 0 Å². The second-order valence-corrected chi connectivity index (χ2v) is 17.6. The topological polar surface area (TPSA) is 137 Å². The first kappa shape index (κ1) is 46.0. The van der Waals surface area contributed by atoms with E-state index in [4.69, 9.17) is 9.05 Å². The van der Waals surface area contributed by atoms with Crippen LogP contribution in [0.3, 0.4) is 0 Å². The molecule has 9 heteroatoms. The smallest absolute Gasteiger partial charge is 0.396 e. The quantitative estimate of drug-likeness (QED) is 0.0368. The highest BCUT2D eigenvalue weighted by atomic mass is 31.2. The Hall–Kier alpha value is -0.0500. The van der Waals surface area contributed by atoms with E-state index >= 15 is 0 Å². The molecular formula is C39H79O8P. The molecule has 48 heavy (non-hydrogen) atoms. The Morgan fingerprint density at radius 2 is 0.979 bits per heavy atom. The second kappa shape index (κ2) is 26.7. The Morgan fingerprint density at radius 1 is 0.583 bits per heavy atom. The maximum atomic E-state index is 12.4. The Balaban J connectivity index is 2.06. The molecule has 1 unspecified atom stereocenters. The zero-order chi connectivity index (χ0) is 36.0. The van der Waals surface area contributed by atoms with Gasteiger partial charge in [-0.3, -0.25) is 9.05 Å². The van der Waals surface area contributed by atoms with Gasteiger partial charge in [0.05, 0.1) is 18.8 Å². The number of rotatable bonds is 30. The van der Waals surface area contributed by atoms with Crippen molar-refractivity contribution in [2.75, 3.05) is 13.2 Å². The summed E-state index contributed by atoms with van der Waals surface area (Å²) in [6.07, 6.45) is 20.1. The normalized spacial score (nSPS) is 26.1. The molecule has 8 nitrogen and oxygen atoms in total. The van der Waals surface area contributed by atoms with Gasteiger partial charge >= 0.3 is 7.82 Å². The lowest BCUT2D eigenvalue weighted by molar-refractivity contribution is -0.160. The zero-order valence-electron chi connectivity index (χ0n) is 31.9. The van der Waals surface area contributed by atoms with Crippen LogP contribution in [0, 0.1) is 35.5 Å². The average molecular weight is 707 g/mol. The molecule has 0 heterocycles. The van der Waals surface area contributed by atoms with Gasteiger partial charge < -0.3 is 25.3 Å². The third-order valence-corrected chi connectivity index (χ3v) is 12.1. The van der Waals surface area contributed by atoms with Gasteiger partial charge in [-0.05, 0) is 48.9 Å². The molecule has 0 aromatic carbocycles. The van der Waals surface area contributed by atoms with Crippen LogP contribution in [-0.4, -0.2) is 62.9 Å². The van der Waals surface area contributed by atoms with Gasteiger partial charge in [0.15, 0.2) is 0 Å². The Kier molecular flexibility index (Phi) is 25.6. The maximum Gasteiger partial charge on any atom is 0.472 e. The van der Waals surface area contributed by atoms with E-state index < -0.39 is 44.8 Å². The highest BCUT2D eigenvalue weighted by molar-refractivity contribution is 7.47. The Labute approximate surface area is 295 Å². The third-order valence-electron chi connectivity index (χ3n) is 11.1. The van der Waals surface area contributed by atoms with Crippen LogP contribution in [-0.2, 0) is 13.6 Å². The average Bonchev–Trinajstić information content (AvgIpc) is 3.03. The van der Waals surface area contributed by atoms with Gasteiger partial charge in [0.2, 0.25) is 0 Å². The molecule has 0 saturated heterocycles. The van der Waals surface area contributed by atoms with E-state index in [9.17, 15) is 29.9 Å². The predicted octanol–water partition coefficient (Wildman–Crippen LogP) is 9.59. The first-order chi connectivity index (χ1) is 22.8. The molecular weight excluding hydrogens is 627 g/mol. The van der Waals surface area contributed by atoms with Crippen molar-refractivity contribution in [3.8, 4) is 0 Å². The molecule has 0 spiro atoms. The Bertz CT molecular complexity index is 813. The third kappa shape index (κ3) is 21.3.